The highest BCUT2D eigenvalue weighted by Crippen LogP contribution is 2.17. The quantitative estimate of drug-likeness (QED) is 0.571. The number of benzene rings is 1. The Balaban J connectivity index is 2.64. The van der Waals surface area contributed by atoms with Gasteiger partial charge in [0.15, 0.2) is 5.78 Å². The number of carbonyl (C=O) groups excluding carboxylic acids is 1. The van der Waals surface area contributed by atoms with Gasteiger partial charge in [0.05, 0.1) is 19.2 Å². The van der Waals surface area contributed by atoms with Crippen molar-refractivity contribution in [3.63, 3.8) is 0 Å². The number of ether oxygens (including phenoxy) is 1. The van der Waals surface area contributed by atoms with Crippen LogP contribution in [0, 0.1) is 0 Å². The molecule has 0 spiro atoms. The molecule has 0 aliphatic heterocycles. The zero-order valence-corrected chi connectivity index (χ0v) is 9.25. The summed E-state index contributed by atoms with van der Waals surface area (Å²) in [7, 11) is 1.57. The summed E-state index contributed by atoms with van der Waals surface area (Å²) in [4.78, 5) is 11.8. The average molecular weight is 207 g/mol. The van der Waals surface area contributed by atoms with Gasteiger partial charge in [0.1, 0.15) is 5.75 Å². The van der Waals surface area contributed by atoms with Crippen molar-refractivity contribution in [1.29, 1.82) is 0 Å². The number of nitrogens with one attached hydrogen (secondary N) is 1. The minimum Gasteiger partial charge on any atom is -0.496 e. The second-order valence-corrected chi connectivity index (χ2v) is 3.30. The zero-order chi connectivity index (χ0) is 11.1. The van der Waals surface area contributed by atoms with Gasteiger partial charge < -0.3 is 10.1 Å². The smallest absolute Gasteiger partial charge is 0.180 e. The van der Waals surface area contributed by atoms with Crippen molar-refractivity contribution in [2.45, 2.75) is 13.3 Å². The molecular weight excluding hydrogens is 190 g/mol. The maximum atomic E-state index is 11.8. The van der Waals surface area contributed by atoms with E-state index in [1.54, 1.807) is 19.2 Å². The molecule has 0 fully saturated rings. The molecule has 0 saturated heterocycles. The van der Waals surface area contributed by atoms with Crippen LogP contribution < -0.4 is 10.1 Å². The summed E-state index contributed by atoms with van der Waals surface area (Å²) in [5, 5.41) is 3.08. The first-order valence-corrected chi connectivity index (χ1v) is 5.16. The Hall–Kier alpha value is -1.35. The topological polar surface area (TPSA) is 38.3 Å². The van der Waals surface area contributed by atoms with Gasteiger partial charge >= 0.3 is 0 Å². The van der Waals surface area contributed by atoms with Gasteiger partial charge in [0, 0.05) is 0 Å². The lowest BCUT2D eigenvalue weighted by atomic mass is 10.1. The van der Waals surface area contributed by atoms with Crippen LogP contribution in [0.15, 0.2) is 24.3 Å². The summed E-state index contributed by atoms with van der Waals surface area (Å²) in [5.74, 6) is 0.710. The molecule has 0 amide bonds. The van der Waals surface area contributed by atoms with Crippen molar-refractivity contribution in [2.75, 3.05) is 20.2 Å². The van der Waals surface area contributed by atoms with E-state index in [2.05, 4.69) is 12.2 Å². The molecule has 3 heteroatoms. The molecule has 1 N–H and O–H groups in total. The summed E-state index contributed by atoms with van der Waals surface area (Å²) in [6, 6.07) is 7.28. The standard InChI is InChI=1S/C12H17NO2/c1-3-8-13-9-11(14)10-6-4-5-7-12(10)15-2/h4-7,13H,3,8-9H2,1-2H3. The predicted octanol–water partition coefficient (Wildman–Crippen LogP) is 1.88. The third-order valence-electron chi connectivity index (χ3n) is 2.12. The second-order valence-electron chi connectivity index (χ2n) is 3.30. The van der Waals surface area contributed by atoms with E-state index in [9.17, 15) is 4.79 Å². The Morgan fingerprint density at radius 3 is 2.80 bits per heavy atom. The first-order chi connectivity index (χ1) is 7.29. The fourth-order valence-electron chi connectivity index (χ4n) is 1.35. The van der Waals surface area contributed by atoms with Crippen molar-refractivity contribution in [1.82, 2.24) is 5.32 Å². The van der Waals surface area contributed by atoms with Gasteiger partial charge in [-0.05, 0) is 25.1 Å². The van der Waals surface area contributed by atoms with E-state index >= 15 is 0 Å². The fraction of sp³-hybridized carbons (Fsp3) is 0.417. The summed E-state index contributed by atoms with van der Waals surface area (Å²) in [6.07, 6.45) is 1.03. The number of carbonyl (C=O) groups is 1. The maximum absolute atomic E-state index is 11.8. The normalized spacial score (nSPS) is 10.0. The fourth-order valence-corrected chi connectivity index (χ4v) is 1.35. The van der Waals surface area contributed by atoms with E-state index in [1.165, 1.54) is 0 Å². The van der Waals surface area contributed by atoms with Crippen LogP contribution in [0.4, 0.5) is 0 Å². The molecule has 0 aliphatic rings. The molecular formula is C12H17NO2. The van der Waals surface area contributed by atoms with Crippen LogP contribution in [-0.2, 0) is 0 Å². The first-order valence-electron chi connectivity index (χ1n) is 5.16. The molecule has 0 unspecified atom stereocenters. The van der Waals surface area contributed by atoms with E-state index < -0.39 is 0 Å². The van der Waals surface area contributed by atoms with Gasteiger partial charge in [0.25, 0.3) is 0 Å². The molecule has 0 saturated carbocycles. The average Bonchev–Trinajstić information content (AvgIpc) is 2.29. The molecule has 3 nitrogen and oxygen atoms in total. The van der Waals surface area contributed by atoms with Crippen molar-refractivity contribution in [2.24, 2.45) is 0 Å². The van der Waals surface area contributed by atoms with E-state index in [4.69, 9.17) is 4.74 Å². The molecule has 1 rings (SSSR count). The minimum absolute atomic E-state index is 0.0703. The number of para-hydroxylation sites is 1. The molecule has 0 bridgehead atoms. The molecule has 0 radical (unpaired) electrons. The Kier molecular flexibility index (Phi) is 4.84. The van der Waals surface area contributed by atoms with Gasteiger partial charge in [-0.15, -0.1) is 0 Å². The Morgan fingerprint density at radius 1 is 1.40 bits per heavy atom. The highest BCUT2D eigenvalue weighted by Gasteiger charge is 2.09. The van der Waals surface area contributed by atoms with E-state index in [0.29, 0.717) is 17.9 Å². The highest BCUT2D eigenvalue weighted by molar-refractivity contribution is 6.00. The van der Waals surface area contributed by atoms with E-state index in [1.807, 2.05) is 12.1 Å². The lowest BCUT2D eigenvalue weighted by Crippen LogP contribution is -2.23. The van der Waals surface area contributed by atoms with Gasteiger partial charge in [-0.3, -0.25) is 4.79 Å². The summed E-state index contributed by atoms with van der Waals surface area (Å²) in [6.45, 7) is 3.30. The Labute approximate surface area is 90.4 Å². The molecule has 82 valence electrons. The van der Waals surface area contributed by atoms with Gasteiger partial charge in [-0.1, -0.05) is 19.1 Å². The molecule has 1 aromatic rings. The van der Waals surface area contributed by atoms with E-state index in [0.717, 1.165) is 13.0 Å². The van der Waals surface area contributed by atoms with Gasteiger partial charge in [-0.25, -0.2) is 0 Å². The maximum Gasteiger partial charge on any atom is 0.180 e. The molecule has 0 aromatic heterocycles. The molecule has 0 atom stereocenters. The number of hydrogen-bond donors (Lipinski definition) is 1. The highest BCUT2D eigenvalue weighted by atomic mass is 16.5. The van der Waals surface area contributed by atoms with Crippen LogP contribution in [0.1, 0.15) is 23.7 Å². The summed E-state index contributed by atoms with van der Waals surface area (Å²) >= 11 is 0. The third-order valence-corrected chi connectivity index (χ3v) is 2.12. The molecule has 0 aliphatic carbocycles. The van der Waals surface area contributed by atoms with Gasteiger partial charge in [-0.2, -0.15) is 0 Å². The van der Waals surface area contributed by atoms with Crippen molar-refractivity contribution in [3.8, 4) is 5.75 Å². The Morgan fingerprint density at radius 2 is 2.13 bits per heavy atom. The van der Waals surface area contributed by atoms with Crippen LogP contribution in [-0.4, -0.2) is 26.0 Å². The number of methoxy groups -OCH3 is 1. The monoisotopic (exact) mass is 207 g/mol. The number of rotatable bonds is 6. The van der Waals surface area contributed by atoms with Crippen molar-refractivity contribution < 1.29 is 9.53 Å². The number of ketones is 1. The minimum atomic E-state index is 0.0703. The lowest BCUT2D eigenvalue weighted by Gasteiger charge is -2.07. The van der Waals surface area contributed by atoms with Crippen LogP contribution in [0.5, 0.6) is 5.75 Å². The molecule has 15 heavy (non-hydrogen) atoms. The predicted molar refractivity (Wildman–Crippen MR) is 60.5 cm³/mol. The summed E-state index contributed by atoms with van der Waals surface area (Å²) in [5.41, 5.74) is 0.642. The summed E-state index contributed by atoms with van der Waals surface area (Å²) < 4.78 is 5.12. The van der Waals surface area contributed by atoms with Crippen molar-refractivity contribution >= 4 is 5.78 Å². The SMILES string of the molecule is CCCNCC(=O)c1ccccc1OC. The number of hydrogen-bond acceptors (Lipinski definition) is 3. The third kappa shape index (κ3) is 3.36. The van der Waals surface area contributed by atoms with Crippen LogP contribution in [0.2, 0.25) is 0 Å². The van der Waals surface area contributed by atoms with Crippen molar-refractivity contribution in [3.05, 3.63) is 29.8 Å². The van der Waals surface area contributed by atoms with Gasteiger partial charge in [0.2, 0.25) is 0 Å². The molecule has 0 heterocycles. The van der Waals surface area contributed by atoms with Crippen LogP contribution >= 0.6 is 0 Å². The first kappa shape index (κ1) is 11.7. The largest absolute Gasteiger partial charge is 0.496 e. The number of Topliss-reactive ketones (excluding diaryl/α,β-unsaturated/α-hetero) is 1. The second kappa shape index (κ2) is 6.19. The Bertz CT molecular complexity index is 323. The van der Waals surface area contributed by atoms with Crippen LogP contribution in [0.3, 0.4) is 0 Å². The molecule has 1 aromatic carbocycles. The van der Waals surface area contributed by atoms with E-state index in [-0.39, 0.29) is 5.78 Å². The van der Waals surface area contributed by atoms with Crippen LogP contribution in [0.25, 0.3) is 0 Å². The lowest BCUT2D eigenvalue weighted by molar-refractivity contribution is 0.0988. The zero-order valence-electron chi connectivity index (χ0n) is 9.25.